The van der Waals surface area contributed by atoms with Gasteiger partial charge in [-0.05, 0) is 55.0 Å². The largest absolute Gasteiger partial charge is 0.416 e. The summed E-state index contributed by atoms with van der Waals surface area (Å²) in [5.41, 5.74) is 0.635. The average molecular weight is 348 g/mol. The smallest absolute Gasteiger partial charge is 0.348 e. The highest BCUT2D eigenvalue weighted by molar-refractivity contribution is 5.92. The van der Waals surface area contributed by atoms with Gasteiger partial charge in [0.15, 0.2) is 0 Å². The number of hydrogen-bond donors (Lipinski definition) is 1. The van der Waals surface area contributed by atoms with Crippen molar-refractivity contribution in [1.82, 2.24) is 10.3 Å². The molecule has 0 aliphatic heterocycles. The lowest BCUT2D eigenvalue weighted by molar-refractivity contribution is -0.137. The van der Waals surface area contributed by atoms with E-state index >= 15 is 0 Å². The predicted octanol–water partition coefficient (Wildman–Crippen LogP) is 4.56. The van der Waals surface area contributed by atoms with E-state index in [2.05, 4.69) is 10.3 Å². The molecule has 3 rings (SSSR count). The Morgan fingerprint density at radius 3 is 2.48 bits per heavy atom. The zero-order chi connectivity index (χ0) is 17.9. The van der Waals surface area contributed by atoms with Gasteiger partial charge in [-0.3, -0.25) is 9.78 Å². The van der Waals surface area contributed by atoms with Crippen molar-refractivity contribution < 1.29 is 18.0 Å². The monoisotopic (exact) mass is 348 g/mol. The summed E-state index contributed by atoms with van der Waals surface area (Å²) in [6.07, 6.45) is 0.699. The van der Waals surface area contributed by atoms with Crippen LogP contribution in [0.2, 0.25) is 0 Å². The van der Waals surface area contributed by atoms with Crippen LogP contribution in [0.4, 0.5) is 13.2 Å². The Balaban J connectivity index is 1.64. The van der Waals surface area contributed by atoms with E-state index in [-0.39, 0.29) is 17.9 Å². The third-order valence-electron chi connectivity index (χ3n) is 4.62. The van der Waals surface area contributed by atoms with Gasteiger partial charge in [0.05, 0.1) is 5.56 Å². The highest BCUT2D eigenvalue weighted by atomic mass is 19.4. The van der Waals surface area contributed by atoms with Gasteiger partial charge in [-0.15, -0.1) is 0 Å². The lowest BCUT2D eigenvalue weighted by atomic mass is 9.81. The molecule has 1 fully saturated rings. The SMILES string of the molecule is O=C(N[C@@H]1CCC[C@H](c2ccc(C(F)(F)F)cc2)C1)c1ccccn1. The number of hydrogen-bond acceptors (Lipinski definition) is 2. The molecule has 0 unspecified atom stereocenters. The van der Waals surface area contributed by atoms with Crippen LogP contribution >= 0.6 is 0 Å². The number of amides is 1. The highest BCUT2D eigenvalue weighted by Gasteiger charge is 2.31. The van der Waals surface area contributed by atoms with Crippen molar-refractivity contribution in [3.63, 3.8) is 0 Å². The summed E-state index contributed by atoms with van der Waals surface area (Å²) in [4.78, 5) is 16.2. The first-order valence-corrected chi connectivity index (χ1v) is 8.32. The Kier molecular flexibility index (Phi) is 5.06. The van der Waals surface area contributed by atoms with Crippen LogP contribution < -0.4 is 5.32 Å². The van der Waals surface area contributed by atoms with E-state index in [1.54, 1.807) is 36.5 Å². The first kappa shape index (κ1) is 17.5. The molecule has 3 nitrogen and oxygen atoms in total. The predicted molar refractivity (Wildman–Crippen MR) is 88.1 cm³/mol. The zero-order valence-electron chi connectivity index (χ0n) is 13.6. The highest BCUT2D eigenvalue weighted by Crippen LogP contribution is 2.35. The van der Waals surface area contributed by atoms with Crippen LogP contribution in [0.3, 0.4) is 0 Å². The van der Waals surface area contributed by atoms with Crippen molar-refractivity contribution in [2.75, 3.05) is 0 Å². The summed E-state index contributed by atoms with van der Waals surface area (Å²) >= 11 is 0. The molecule has 1 aromatic carbocycles. The van der Waals surface area contributed by atoms with E-state index in [4.69, 9.17) is 0 Å². The molecule has 1 aromatic heterocycles. The van der Waals surface area contributed by atoms with E-state index in [1.165, 1.54) is 0 Å². The van der Waals surface area contributed by atoms with Gasteiger partial charge in [0.25, 0.3) is 5.91 Å². The molecule has 1 saturated carbocycles. The third kappa shape index (κ3) is 4.38. The molecule has 2 aromatic rings. The molecule has 132 valence electrons. The summed E-state index contributed by atoms with van der Waals surface area (Å²) in [5.74, 6) is -0.0521. The Morgan fingerprint density at radius 2 is 1.84 bits per heavy atom. The molecule has 1 N–H and O–H groups in total. The van der Waals surface area contributed by atoms with Crippen molar-refractivity contribution >= 4 is 5.91 Å². The minimum absolute atomic E-state index is 0.00977. The topological polar surface area (TPSA) is 42.0 Å². The van der Waals surface area contributed by atoms with Crippen LogP contribution in [-0.2, 0) is 6.18 Å². The summed E-state index contributed by atoms with van der Waals surface area (Å²) < 4.78 is 38.0. The van der Waals surface area contributed by atoms with Gasteiger partial charge in [-0.25, -0.2) is 0 Å². The van der Waals surface area contributed by atoms with E-state index in [0.717, 1.165) is 43.4 Å². The minimum Gasteiger partial charge on any atom is -0.348 e. The number of nitrogens with one attached hydrogen (secondary N) is 1. The second-order valence-corrected chi connectivity index (χ2v) is 6.37. The quantitative estimate of drug-likeness (QED) is 0.884. The Hall–Kier alpha value is -2.37. The molecule has 6 heteroatoms. The summed E-state index contributed by atoms with van der Waals surface area (Å²) in [5, 5.41) is 2.99. The first-order valence-electron chi connectivity index (χ1n) is 8.32. The molecule has 25 heavy (non-hydrogen) atoms. The van der Waals surface area contributed by atoms with Crippen molar-refractivity contribution in [1.29, 1.82) is 0 Å². The van der Waals surface area contributed by atoms with Crippen molar-refractivity contribution in [3.8, 4) is 0 Å². The number of carbonyl (C=O) groups is 1. The number of benzene rings is 1. The molecule has 1 heterocycles. The maximum absolute atomic E-state index is 12.7. The number of pyridine rings is 1. The Labute approximate surface area is 144 Å². The first-order chi connectivity index (χ1) is 11.9. The fraction of sp³-hybridized carbons (Fsp3) is 0.368. The zero-order valence-corrected chi connectivity index (χ0v) is 13.6. The summed E-state index contributed by atoms with van der Waals surface area (Å²) in [6.45, 7) is 0. The van der Waals surface area contributed by atoms with Gasteiger partial charge in [0, 0.05) is 12.2 Å². The number of aromatic nitrogens is 1. The molecule has 0 saturated heterocycles. The van der Waals surface area contributed by atoms with Crippen molar-refractivity contribution in [2.45, 2.75) is 43.8 Å². The second kappa shape index (κ2) is 7.25. The fourth-order valence-corrected chi connectivity index (χ4v) is 3.32. The lowest BCUT2D eigenvalue weighted by Crippen LogP contribution is -2.38. The molecule has 1 aliphatic rings. The third-order valence-corrected chi connectivity index (χ3v) is 4.62. The average Bonchev–Trinajstić information content (AvgIpc) is 2.62. The van der Waals surface area contributed by atoms with E-state index in [0.29, 0.717) is 5.69 Å². The van der Waals surface area contributed by atoms with Crippen LogP contribution in [0.5, 0.6) is 0 Å². The minimum atomic E-state index is -4.32. The van der Waals surface area contributed by atoms with Crippen molar-refractivity contribution in [2.24, 2.45) is 0 Å². The van der Waals surface area contributed by atoms with Gasteiger partial charge in [-0.1, -0.05) is 24.6 Å². The second-order valence-electron chi connectivity index (χ2n) is 6.37. The van der Waals surface area contributed by atoms with Crippen LogP contribution in [0.1, 0.15) is 53.2 Å². The van der Waals surface area contributed by atoms with Gasteiger partial charge in [0.2, 0.25) is 0 Å². The van der Waals surface area contributed by atoms with Gasteiger partial charge < -0.3 is 5.32 Å². The van der Waals surface area contributed by atoms with E-state index in [1.807, 2.05) is 0 Å². The number of halogens is 3. The molecule has 0 bridgehead atoms. The van der Waals surface area contributed by atoms with Crippen molar-refractivity contribution in [3.05, 3.63) is 65.5 Å². The van der Waals surface area contributed by atoms with E-state index < -0.39 is 11.7 Å². The van der Waals surface area contributed by atoms with Crippen LogP contribution in [0, 0.1) is 0 Å². The number of alkyl halides is 3. The van der Waals surface area contributed by atoms with E-state index in [9.17, 15) is 18.0 Å². The molecule has 2 atom stereocenters. The maximum atomic E-state index is 12.7. The fourth-order valence-electron chi connectivity index (χ4n) is 3.32. The van der Waals surface area contributed by atoms with Crippen LogP contribution in [0.25, 0.3) is 0 Å². The number of rotatable bonds is 3. The standard InChI is InChI=1S/C19H19F3N2O/c20-19(21,22)15-9-7-13(8-10-15)14-4-3-5-16(12-14)24-18(25)17-6-1-2-11-23-17/h1-2,6-11,14,16H,3-5,12H2,(H,24,25)/t14-,16+/m0/s1. The lowest BCUT2D eigenvalue weighted by Gasteiger charge is -2.30. The van der Waals surface area contributed by atoms with Gasteiger partial charge in [-0.2, -0.15) is 13.2 Å². The number of carbonyl (C=O) groups excluding carboxylic acids is 1. The summed E-state index contributed by atoms with van der Waals surface area (Å²) in [7, 11) is 0. The molecule has 0 radical (unpaired) electrons. The van der Waals surface area contributed by atoms with Gasteiger partial charge in [0.1, 0.15) is 5.69 Å². The molecule has 1 aliphatic carbocycles. The normalized spacial score (nSPS) is 20.9. The van der Waals surface area contributed by atoms with Crippen LogP contribution in [0.15, 0.2) is 48.7 Å². The maximum Gasteiger partial charge on any atom is 0.416 e. The molecular formula is C19H19F3N2O. The molecule has 1 amide bonds. The van der Waals surface area contributed by atoms with Crippen LogP contribution in [-0.4, -0.2) is 16.9 Å². The number of nitrogens with zero attached hydrogens (tertiary/aromatic N) is 1. The molecular weight excluding hydrogens is 329 g/mol. The Bertz CT molecular complexity index is 714. The summed E-state index contributed by atoms with van der Waals surface area (Å²) in [6, 6.07) is 10.5. The molecule has 0 spiro atoms. The van der Waals surface area contributed by atoms with Gasteiger partial charge >= 0.3 is 6.18 Å². The Morgan fingerprint density at radius 1 is 1.08 bits per heavy atom.